The highest BCUT2D eigenvalue weighted by Gasteiger charge is 2.33. The van der Waals surface area contributed by atoms with Crippen LogP contribution in [0.25, 0.3) is 0 Å². The first-order valence-electron chi connectivity index (χ1n) is 4.35. The molecule has 4 N–H and O–H groups in total. The van der Waals surface area contributed by atoms with Gasteiger partial charge in [0.05, 0.1) is 12.2 Å². The molecule has 0 aromatic heterocycles. The van der Waals surface area contributed by atoms with Gasteiger partial charge in [0.2, 0.25) is 0 Å². The Morgan fingerprint density at radius 3 is 2.67 bits per heavy atom. The maximum atomic E-state index is 9.56. The van der Waals surface area contributed by atoms with E-state index >= 15 is 0 Å². The van der Waals surface area contributed by atoms with E-state index in [2.05, 4.69) is 5.32 Å². The van der Waals surface area contributed by atoms with Gasteiger partial charge in [-0.15, -0.1) is 0 Å². The van der Waals surface area contributed by atoms with E-state index in [1.54, 1.807) is 6.92 Å². The molecular formula is C8H17NO3. The predicted octanol–water partition coefficient (Wildman–Crippen LogP) is -1.30. The minimum Gasteiger partial charge on any atom is -0.396 e. The van der Waals surface area contributed by atoms with Gasteiger partial charge in [0, 0.05) is 25.1 Å². The largest absolute Gasteiger partial charge is 0.396 e. The lowest BCUT2D eigenvalue weighted by Crippen LogP contribution is -2.34. The van der Waals surface area contributed by atoms with E-state index in [0.717, 1.165) is 0 Å². The van der Waals surface area contributed by atoms with Crippen molar-refractivity contribution < 1.29 is 15.3 Å². The molecule has 0 amide bonds. The van der Waals surface area contributed by atoms with Crippen LogP contribution in [0.1, 0.15) is 13.3 Å². The summed E-state index contributed by atoms with van der Waals surface area (Å²) in [6.07, 6.45) is -0.392. The van der Waals surface area contributed by atoms with Crippen molar-refractivity contribution in [3.8, 4) is 0 Å². The van der Waals surface area contributed by atoms with Gasteiger partial charge >= 0.3 is 0 Å². The molecule has 0 radical (unpaired) electrons. The molecule has 0 spiro atoms. The van der Waals surface area contributed by atoms with Gasteiger partial charge < -0.3 is 20.6 Å². The lowest BCUT2D eigenvalue weighted by Gasteiger charge is -2.18. The van der Waals surface area contributed by atoms with Crippen LogP contribution in [0.5, 0.6) is 0 Å². The van der Waals surface area contributed by atoms with Crippen LogP contribution in [0.2, 0.25) is 0 Å². The minimum absolute atomic E-state index is 0.00444. The van der Waals surface area contributed by atoms with E-state index < -0.39 is 12.2 Å². The lowest BCUT2D eigenvalue weighted by molar-refractivity contribution is 0.0653. The van der Waals surface area contributed by atoms with Gasteiger partial charge in [0.25, 0.3) is 0 Å². The van der Waals surface area contributed by atoms with Crippen LogP contribution < -0.4 is 5.32 Å². The molecule has 1 fully saturated rings. The van der Waals surface area contributed by atoms with Gasteiger partial charge in [-0.25, -0.2) is 0 Å². The molecule has 0 aromatic rings. The molecule has 0 saturated carbocycles. The van der Waals surface area contributed by atoms with E-state index in [1.165, 1.54) is 0 Å². The molecular weight excluding hydrogens is 158 g/mol. The number of nitrogens with one attached hydrogen (secondary N) is 1. The molecule has 4 atom stereocenters. The summed E-state index contributed by atoms with van der Waals surface area (Å²) in [7, 11) is 0. The smallest absolute Gasteiger partial charge is 0.0756 e. The number of aliphatic hydroxyl groups is 3. The lowest BCUT2D eigenvalue weighted by atomic mass is 9.99. The summed E-state index contributed by atoms with van der Waals surface area (Å²) in [5, 5.41) is 30.5. The molecule has 72 valence electrons. The highest BCUT2D eigenvalue weighted by atomic mass is 16.3. The molecule has 0 aromatic carbocycles. The van der Waals surface area contributed by atoms with Crippen LogP contribution in [0.15, 0.2) is 0 Å². The summed E-state index contributed by atoms with van der Waals surface area (Å²) in [4.78, 5) is 0. The SMILES string of the molecule is CC(O)CC1NCC(CO)C1O. The molecule has 1 aliphatic rings. The Hall–Kier alpha value is -0.160. The van der Waals surface area contributed by atoms with Crippen LogP contribution in [0.4, 0.5) is 0 Å². The average molecular weight is 175 g/mol. The molecule has 1 aliphatic heterocycles. The fourth-order valence-corrected chi connectivity index (χ4v) is 1.64. The molecule has 0 bridgehead atoms. The minimum atomic E-state index is -0.524. The maximum absolute atomic E-state index is 9.56. The van der Waals surface area contributed by atoms with Crippen LogP contribution in [0, 0.1) is 5.92 Å². The molecule has 12 heavy (non-hydrogen) atoms. The van der Waals surface area contributed by atoms with E-state index in [4.69, 9.17) is 10.2 Å². The van der Waals surface area contributed by atoms with Crippen molar-refractivity contribution in [3.05, 3.63) is 0 Å². The third-order valence-corrected chi connectivity index (χ3v) is 2.37. The second-order valence-corrected chi connectivity index (χ2v) is 3.53. The predicted molar refractivity (Wildman–Crippen MR) is 44.7 cm³/mol. The van der Waals surface area contributed by atoms with Gasteiger partial charge in [0.1, 0.15) is 0 Å². The van der Waals surface area contributed by atoms with Crippen LogP contribution in [-0.2, 0) is 0 Å². The molecule has 4 nitrogen and oxygen atoms in total. The van der Waals surface area contributed by atoms with Gasteiger partial charge in [0.15, 0.2) is 0 Å². The van der Waals surface area contributed by atoms with Gasteiger partial charge in [-0.1, -0.05) is 0 Å². The fraction of sp³-hybridized carbons (Fsp3) is 1.00. The van der Waals surface area contributed by atoms with Gasteiger partial charge in [-0.05, 0) is 13.3 Å². The van der Waals surface area contributed by atoms with E-state index in [9.17, 15) is 5.11 Å². The van der Waals surface area contributed by atoms with E-state index in [-0.39, 0.29) is 18.6 Å². The monoisotopic (exact) mass is 175 g/mol. The Morgan fingerprint density at radius 1 is 1.58 bits per heavy atom. The zero-order valence-electron chi connectivity index (χ0n) is 7.27. The van der Waals surface area contributed by atoms with Gasteiger partial charge in [-0.3, -0.25) is 0 Å². The summed E-state index contributed by atoms with van der Waals surface area (Å²) >= 11 is 0. The first-order chi connectivity index (χ1) is 5.65. The van der Waals surface area contributed by atoms with Crippen LogP contribution >= 0.6 is 0 Å². The van der Waals surface area contributed by atoms with Crippen molar-refractivity contribution in [1.82, 2.24) is 5.32 Å². The quantitative estimate of drug-likeness (QED) is 0.430. The Kier molecular flexibility index (Phi) is 3.46. The Labute approximate surface area is 72.2 Å². The summed E-state index contributed by atoms with van der Waals surface area (Å²) in [5.74, 6) is -0.0752. The second kappa shape index (κ2) is 4.18. The first-order valence-corrected chi connectivity index (χ1v) is 4.35. The van der Waals surface area contributed by atoms with Crippen LogP contribution in [-0.4, -0.2) is 46.7 Å². The van der Waals surface area contributed by atoms with E-state index in [0.29, 0.717) is 13.0 Å². The van der Waals surface area contributed by atoms with Gasteiger partial charge in [-0.2, -0.15) is 0 Å². The molecule has 4 unspecified atom stereocenters. The zero-order chi connectivity index (χ0) is 9.14. The molecule has 0 aliphatic carbocycles. The number of hydrogen-bond acceptors (Lipinski definition) is 4. The number of aliphatic hydroxyl groups excluding tert-OH is 3. The van der Waals surface area contributed by atoms with Crippen molar-refractivity contribution in [2.75, 3.05) is 13.2 Å². The zero-order valence-corrected chi connectivity index (χ0v) is 7.27. The second-order valence-electron chi connectivity index (χ2n) is 3.53. The molecule has 1 rings (SSSR count). The molecule has 1 saturated heterocycles. The summed E-state index contributed by atoms with van der Waals surface area (Å²) in [6.45, 7) is 2.33. The Balaban J connectivity index is 2.38. The highest BCUT2D eigenvalue weighted by molar-refractivity contribution is 4.90. The van der Waals surface area contributed by atoms with Crippen molar-refractivity contribution in [2.45, 2.75) is 31.6 Å². The van der Waals surface area contributed by atoms with E-state index in [1.807, 2.05) is 0 Å². The summed E-state index contributed by atoms with van der Waals surface area (Å²) in [6, 6.07) is -0.0675. The first kappa shape index (κ1) is 9.92. The third-order valence-electron chi connectivity index (χ3n) is 2.37. The van der Waals surface area contributed by atoms with Crippen LogP contribution in [0.3, 0.4) is 0 Å². The normalized spacial score (nSPS) is 38.5. The van der Waals surface area contributed by atoms with Crippen molar-refractivity contribution in [3.63, 3.8) is 0 Å². The topological polar surface area (TPSA) is 72.7 Å². The fourth-order valence-electron chi connectivity index (χ4n) is 1.64. The number of hydrogen-bond donors (Lipinski definition) is 4. The molecule has 1 heterocycles. The molecule has 4 heteroatoms. The summed E-state index contributed by atoms with van der Waals surface area (Å²) in [5.41, 5.74) is 0. The summed E-state index contributed by atoms with van der Waals surface area (Å²) < 4.78 is 0. The van der Waals surface area contributed by atoms with Crippen molar-refractivity contribution >= 4 is 0 Å². The third kappa shape index (κ3) is 2.17. The average Bonchev–Trinajstić information content (AvgIpc) is 2.32. The Morgan fingerprint density at radius 2 is 2.25 bits per heavy atom. The number of rotatable bonds is 3. The standard InChI is InChI=1S/C8H17NO3/c1-5(11)2-7-8(12)6(4-10)3-9-7/h5-12H,2-4H2,1H3. The van der Waals surface area contributed by atoms with Crippen molar-refractivity contribution in [2.24, 2.45) is 5.92 Å². The Bertz CT molecular complexity index is 140. The maximum Gasteiger partial charge on any atom is 0.0756 e. The van der Waals surface area contributed by atoms with Crippen molar-refractivity contribution in [1.29, 1.82) is 0 Å². The highest BCUT2D eigenvalue weighted by Crippen LogP contribution is 2.17.